The van der Waals surface area contributed by atoms with Crippen molar-refractivity contribution >= 4 is 12.1 Å². The van der Waals surface area contributed by atoms with Crippen molar-refractivity contribution in [2.45, 2.75) is 123 Å². The van der Waals surface area contributed by atoms with Gasteiger partial charge in [0.25, 0.3) is 0 Å². The van der Waals surface area contributed by atoms with Gasteiger partial charge in [-0.3, -0.25) is 4.79 Å². The third-order valence-electron chi connectivity index (χ3n) is 11.3. The first kappa shape index (κ1) is 28.7. The number of nitrogens with one attached hydrogen (secondary N) is 1. The van der Waals surface area contributed by atoms with E-state index in [0.717, 1.165) is 51.4 Å². The molecule has 4 rings (SSSR count). The second-order valence-electron chi connectivity index (χ2n) is 14.4. The van der Waals surface area contributed by atoms with Gasteiger partial charge >= 0.3 is 12.1 Å². The standard InChI is InChI=1S/C30H51NO6/c1-17(8-11-25(34)36-7)20-9-10-21-26-22(16-24(33)30(20,21)6)29(5)13-12-19(14-18(29)15-23(26)32)37-27(35)31-28(2,3)4/h17-24,26,32-33H,8-16H2,1-7H3,(H,31,35)/t17-,18+,19-,20-,21+,22+,23-,24+,26+,29+,30-/m1/s1. The number of aliphatic hydroxyl groups is 2. The van der Waals surface area contributed by atoms with Crippen molar-refractivity contribution in [3.05, 3.63) is 0 Å². The molecule has 0 heterocycles. The molecule has 4 saturated carbocycles. The topological polar surface area (TPSA) is 105 Å². The molecule has 11 atom stereocenters. The Labute approximate surface area is 223 Å². The summed E-state index contributed by atoms with van der Waals surface area (Å²) in [5.74, 6) is 1.49. The Morgan fingerprint density at radius 1 is 1.05 bits per heavy atom. The minimum Gasteiger partial charge on any atom is -0.469 e. The molecular formula is C30H51NO6. The highest BCUT2D eigenvalue weighted by atomic mass is 16.6. The van der Waals surface area contributed by atoms with E-state index in [-0.39, 0.29) is 58.2 Å². The van der Waals surface area contributed by atoms with Crippen LogP contribution in [0.4, 0.5) is 4.79 Å². The summed E-state index contributed by atoms with van der Waals surface area (Å²) in [6, 6.07) is 0. The summed E-state index contributed by atoms with van der Waals surface area (Å²) < 4.78 is 10.7. The van der Waals surface area contributed by atoms with Gasteiger partial charge in [-0.2, -0.15) is 0 Å². The fourth-order valence-electron chi connectivity index (χ4n) is 9.36. The maximum absolute atomic E-state index is 12.4. The molecule has 0 aliphatic heterocycles. The van der Waals surface area contributed by atoms with E-state index in [2.05, 4.69) is 26.1 Å². The summed E-state index contributed by atoms with van der Waals surface area (Å²) in [5.41, 5.74) is -0.553. The van der Waals surface area contributed by atoms with Crippen LogP contribution in [0.5, 0.6) is 0 Å². The quantitative estimate of drug-likeness (QED) is 0.436. The van der Waals surface area contributed by atoms with Crippen molar-refractivity contribution in [2.75, 3.05) is 7.11 Å². The van der Waals surface area contributed by atoms with Crippen molar-refractivity contribution < 1.29 is 29.3 Å². The van der Waals surface area contributed by atoms with Crippen molar-refractivity contribution in [2.24, 2.45) is 46.3 Å². The predicted molar refractivity (Wildman–Crippen MR) is 142 cm³/mol. The van der Waals surface area contributed by atoms with E-state index < -0.39 is 12.2 Å². The minimum absolute atomic E-state index is 0.0289. The van der Waals surface area contributed by atoms with Gasteiger partial charge in [0.15, 0.2) is 0 Å². The number of ether oxygens (including phenoxy) is 2. The van der Waals surface area contributed by atoms with Crippen molar-refractivity contribution in [1.82, 2.24) is 5.32 Å². The fraction of sp³-hybridized carbons (Fsp3) is 0.933. The second kappa shape index (κ2) is 10.3. The average Bonchev–Trinajstić information content (AvgIpc) is 3.16. The zero-order valence-electron chi connectivity index (χ0n) is 24.1. The molecule has 0 spiro atoms. The number of carbonyl (C=O) groups is 2. The molecule has 0 aromatic carbocycles. The van der Waals surface area contributed by atoms with Gasteiger partial charge in [-0.05, 0) is 118 Å². The summed E-state index contributed by atoms with van der Waals surface area (Å²) >= 11 is 0. The molecule has 1 amide bonds. The number of methoxy groups -OCH3 is 1. The molecule has 4 aliphatic rings. The molecule has 0 radical (unpaired) electrons. The molecule has 0 saturated heterocycles. The second-order valence-corrected chi connectivity index (χ2v) is 14.4. The molecule has 4 aliphatic carbocycles. The molecule has 0 aromatic rings. The Morgan fingerprint density at radius 3 is 2.41 bits per heavy atom. The molecule has 7 heteroatoms. The SMILES string of the molecule is COC(=O)CC[C@@H](C)[C@H]1CC[C@H]2[C@@H]3[C@H](O)C[C@@H]4C[C@H](OC(=O)NC(C)(C)C)CC[C@]4(C)[C@H]3C[C@H](O)[C@]12C. The first-order valence-corrected chi connectivity index (χ1v) is 14.6. The number of hydrogen-bond acceptors (Lipinski definition) is 6. The van der Waals surface area contributed by atoms with Gasteiger partial charge in [0.05, 0.1) is 19.3 Å². The van der Waals surface area contributed by atoms with E-state index in [1.807, 2.05) is 20.8 Å². The van der Waals surface area contributed by atoms with Gasteiger partial charge < -0.3 is 25.0 Å². The van der Waals surface area contributed by atoms with E-state index in [1.165, 1.54) is 7.11 Å². The molecule has 0 aromatic heterocycles. The lowest BCUT2D eigenvalue weighted by Crippen LogP contribution is -2.62. The van der Waals surface area contributed by atoms with Crippen LogP contribution >= 0.6 is 0 Å². The number of rotatable bonds is 5. The molecule has 0 unspecified atom stereocenters. The molecule has 7 nitrogen and oxygen atoms in total. The number of amides is 1. The highest BCUT2D eigenvalue weighted by molar-refractivity contribution is 5.69. The van der Waals surface area contributed by atoms with Gasteiger partial charge in [-0.15, -0.1) is 0 Å². The lowest BCUT2D eigenvalue weighted by Gasteiger charge is -2.63. The highest BCUT2D eigenvalue weighted by Gasteiger charge is 2.65. The lowest BCUT2D eigenvalue weighted by molar-refractivity contribution is -0.207. The van der Waals surface area contributed by atoms with Gasteiger partial charge in [-0.1, -0.05) is 20.8 Å². The predicted octanol–water partition coefficient (Wildman–Crippen LogP) is 5.07. The maximum Gasteiger partial charge on any atom is 0.407 e. The van der Waals surface area contributed by atoms with Crippen molar-refractivity contribution in [1.29, 1.82) is 0 Å². The smallest absolute Gasteiger partial charge is 0.407 e. The fourth-order valence-corrected chi connectivity index (χ4v) is 9.36. The van der Waals surface area contributed by atoms with Crippen LogP contribution in [-0.4, -0.2) is 53.2 Å². The Morgan fingerprint density at radius 2 is 1.76 bits per heavy atom. The number of alkyl carbamates (subject to hydrolysis) is 1. The third kappa shape index (κ3) is 5.28. The van der Waals surface area contributed by atoms with Gasteiger partial charge in [0.2, 0.25) is 0 Å². The number of aliphatic hydroxyl groups excluding tert-OH is 2. The van der Waals surface area contributed by atoms with Crippen LogP contribution in [0, 0.1) is 46.3 Å². The Kier molecular flexibility index (Phi) is 8.00. The Hall–Kier alpha value is -1.34. The Balaban J connectivity index is 1.48. The normalized spacial score (nSPS) is 44.1. The third-order valence-corrected chi connectivity index (χ3v) is 11.3. The van der Waals surface area contributed by atoms with Crippen LogP contribution in [0.1, 0.15) is 99.3 Å². The number of esters is 1. The van der Waals surface area contributed by atoms with Gasteiger partial charge in [0.1, 0.15) is 6.10 Å². The molecule has 0 bridgehead atoms. The van der Waals surface area contributed by atoms with Crippen LogP contribution in [0.25, 0.3) is 0 Å². The summed E-state index contributed by atoms with van der Waals surface area (Å²) in [4.78, 5) is 24.2. The average molecular weight is 522 g/mol. The molecule has 4 fully saturated rings. The van der Waals surface area contributed by atoms with Crippen LogP contribution in [0.3, 0.4) is 0 Å². The van der Waals surface area contributed by atoms with E-state index in [9.17, 15) is 19.8 Å². The summed E-state index contributed by atoms with van der Waals surface area (Å²) in [6.45, 7) is 12.7. The van der Waals surface area contributed by atoms with Crippen molar-refractivity contribution in [3.63, 3.8) is 0 Å². The van der Waals surface area contributed by atoms with Gasteiger partial charge in [-0.25, -0.2) is 4.79 Å². The first-order chi connectivity index (χ1) is 17.2. The van der Waals surface area contributed by atoms with Crippen LogP contribution < -0.4 is 5.32 Å². The number of fused-ring (bicyclic) bond motifs is 5. The molecular weight excluding hydrogens is 470 g/mol. The largest absolute Gasteiger partial charge is 0.469 e. The van der Waals surface area contributed by atoms with Crippen LogP contribution in [0.2, 0.25) is 0 Å². The van der Waals surface area contributed by atoms with Crippen LogP contribution in [0.15, 0.2) is 0 Å². The van der Waals surface area contributed by atoms with E-state index >= 15 is 0 Å². The van der Waals surface area contributed by atoms with Crippen molar-refractivity contribution in [3.8, 4) is 0 Å². The van der Waals surface area contributed by atoms with E-state index in [4.69, 9.17) is 9.47 Å². The number of hydrogen-bond donors (Lipinski definition) is 3. The summed E-state index contributed by atoms with van der Waals surface area (Å²) in [7, 11) is 1.43. The first-order valence-electron chi connectivity index (χ1n) is 14.6. The van der Waals surface area contributed by atoms with Gasteiger partial charge in [0, 0.05) is 12.0 Å². The Bertz CT molecular complexity index is 855. The zero-order valence-corrected chi connectivity index (χ0v) is 24.1. The molecule has 212 valence electrons. The zero-order chi connectivity index (χ0) is 27.3. The summed E-state index contributed by atoms with van der Waals surface area (Å²) in [6.07, 6.45) is 5.96. The van der Waals surface area contributed by atoms with Crippen LogP contribution in [-0.2, 0) is 14.3 Å². The van der Waals surface area contributed by atoms with E-state index in [1.54, 1.807) is 0 Å². The number of carbonyl (C=O) groups excluding carboxylic acids is 2. The lowest BCUT2D eigenvalue weighted by atomic mass is 9.43. The maximum atomic E-state index is 12.4. The molecule has 3 N–H and O–H groups in total. The molecule has 37 heavy (non-hydrogen) atoms. The monoisotopic (exact) mass is 521 g/mol. The minimum atomic E-state index is -0.416. The summed E-state index contributed by atoms with van der Waals surface area (Å²) in [5, 5.41) is 26.2. The highest BCUT2D eigenvalue weighted by Crippen LogP contribution is 2.68. The van der Waals surface area contributed by atoms with E-state index in [0.29, 0.717) is 18.3 Å².